The third kappa shape index (κ3) is 4.98. The number of rotatable bonds is 5. The van der Waals surface area contributed by atoms with Gasteiger partial charge in [0, 0.05) is 11.6 Å². The Morgan fingerprint density at radius 3 is 2.68 bits per heavy atom. The standard InChI is InChI=1S/C13H15Cl2N3O/c1-8(6-16)7-17-13(19)9(2)18-12-4-3-10(14)5-11(12)15/h3-5,8-9,18H,7H2,1-2H3,(H,17,19)/t8-,9-/m0/s1. The average Bonchev–Trinajstić information content (AvgIpc) is 2.38. The summed E-state index contributed by atoms with van der Waals surface area (Å²) in [4.78, 5) is 11.8. The number of carbonyl (C=O) groups excluding carboxylic acids is 1. The van der Waals surface area contributed by atoms with Crippen molar-refractivity contribution in [2.24, 2.45) is 5.92 Å². The molecule has 0 saturated heterocycles. The molecule has 0 unspecified atom stereocenters. The van der Waals surface area contributed by atoms with Crippen LogP contribution in [0.2, 0.25) is 10.0 Å². The molecule has 2 atom stereocenters. The molecular formula is C13H15Cl2N3O. The molecule has 0 spiro atoms. The van der Waals surface area contributed by atoms with Crippen molar-refractivity contribution in [1.29, 1.82) is 5.26 Å². The van der Waals surface area contributed by atoms with Gasteiger partial charge >= 0.3 is 0 Å². The Bertz CT molecular complexity index is 499. The van der Waals surface area contributed by atoms with Crippen LogP contribution in [0.3, 0.4) is 0 Å². The maximum absolute atomic E-state index is 11.8. The minimum atomic E-state index is -0.454. The Morgan fingerprint density at radius 1 is 1.42 bits per heavy atom. The summed E-state index contributed by atoms with van der Waals surface area (Å²) in [6.07, 6.45) is 0. The number of benzene rings is 1. The highest BCUT2D eigenvalue weighted by atomic mass is 35.5. The number of nitrogens with one attached hydrogen (secondary N) is 2. The van der Waals surface area contributed by atoms with Crippen molar-refractivity contribution in [3.63, 3.8) is 0 Å². The first-order valence-corrected chi connectivity index (χ1v) is 6.58. The Labute approximate surface area is 122 Å². The number of carbonyl (C=O) groups is 1. The molecule has 0 aliphatic heterocycles. The number of halogens is 2. The minimum absolute atomic E-state index is 0.187. The zero-order valence-electron chi connectivity index (χ0n) is 10.7. The molecule has 0 aliphatic rings. The maximum Gasteiger partial charge on any atom is 0.242 e. The van der Waals surface area contributed by atoms with Crippen molar-refractivity contribution >= 4 is 34.8 Å². The average molecular weight is 300 g/mol. The molecule has 0 aliphatic carbocycles. The second-order valence-corrected chi connectivity index (χ2v) is 5.11. The van der Waals surface area contributed by atoms with Crippen molar-refractivity contribution in [2.75, 3.05) is 11.9 Å². The van der Waals surface area contributed by atoms with Crippen LogP contribution in [0.25, 0.3) is 0 Å². The van der Waals surface area contributed by atoms with Crippen molar-refractivity contribution < 1.29 is 4.79 Å². The molecule has 0 saturated carbocycles. The van der Waals surface area contributed by atoms with Crippen molar-refractivity contribution in [3.8, 4) is 6.07 Å². The van der Waals surface area contributed by atoms with E-state index in [0.29, 0.717) is 22.3 Å². The molecule has 0 radical (unpaired) electrons. The lowest BCUT2D eigenvalue weighted by atomic mass is 10.2. The number of nitriles is 1. The molecule has 19 heavy (non-hydrogen) atoms. The highest BCUT2D eigenvalue weighted by Gasteiger charge is 2.14. The first kappa shape index (κ1) is 15.6. The first-order valence-electron chi connectivity index (χ1n) is 5.83. The van der Waals surface area contributed by atoms with Crippen LogP contribution in [-0.4, -0.2) is 18.5 Å². The van der Waals surface area contributed by atoms with Crippen LogP contribution in [-0.2, 0) is 4.79 Å². The van der Waals surface area contributed by atoms with Gasteiger partial charge < -0.3 is 10.6 Å². The van der Waals surface area contributed by atoms with Crippen LogP contribution < -0.4 is 10.6 Å². The number of amides is 1. The molecule has 0 bridgehead atoms. The fraction of sp³-hybridized carbons (Fsp3) is 0.385. The van der Waals surface area contributed by atoms with E-state index in [4.69, 9.17) is 28.5 Å². The maximum atomic E-state index is 11.8. The molecule has 2 N–H and O–H groups in total. The van der Waals surface area contributed by atoms with Gasteiger partial charge in [-0.15, -0.1) is 0 Å². The van der Waals surface area contributed by atoms with E-state index in [1.165, 1.54) is 0 Å². The lowest BCUT2D eigenvalue weighted by Gasteiger charge is -2.16. The molecule has 1 amide bonds. The molecule has 0 fully saturated rings. The van der Waals surface area contributed by atoms with E-state index in [1.54, 1.807) is 32.0 Å². The third-order valence-electron chi connectivity index (χ3n) is 2.50. The largest absolute Gasteiger partial charge is 0.373 e. The Kier molecular flexibility index (Phi) is 5.94. The lowest BCUT2D eigenvalue weighted by molar-refractivity contribution is -0.121. The lowest BCUT2D eigenvalue weighted by Crippen LogP contribution is -2.39. The molecule has 0 aromatic heterocycles. The van der Waals surface area contributed by atoms with E-state index in [2.05, 4.69) is 16.7 Å². The monoisotopic (exact) mass is 299 g/mol. The van der Waals surface area contributed by atoms with Gasteiger partial charge in [-0.25, -0.2) is 0 Å². The second-order valence-electron chi connectivity index (χ2n) is 4.27. The summed E-state index contributed by atoms with van der Waals surface area (Å²) in [6.45, 7) is 3.79. The van der Waals surface area contributed by atoms with Crippen LogP contribution in [0.5, 0.6) is 0 Å². The molecule has 1 rings (SSSR count). The first-order chi connectivity index (χ1) is 8.93. The summed E-state index contributed by atoms with van der Waals surface area (Å²) in [7, 11) is 0. The summed E-state index contributed by atoms with van der Waals surface area (Å²) in [5, 5.41) is 15.3. The fourth-order valence-electron chi connectivity index (χ4n) is 1.36. The van der Waals surface area contributed by atoms with Gasteiger partial charge in [0.1, 0.15) is 6.04 Å². The van der Waals surface area contributed by atoms with E-state index in [-0.39, 0.29) is 11.8 Å². The highest BCUT2D eigenvalue weighted by Crippen LogP contribution is 2.25. The molecule has 6 heteroatoms. The van der Waals surface area contributed by atoms with E-state index in [9.17, 15) is 4.79 Å². The van der Waals surface area contributed by atoms with Gasteiger partial charge in [-0.1, -0.05) is 23.2 Å². The molecule has 1 aromatic carbocycles. The topological polar surface area (TPSA) is 64.9 Å². The van der Waals surface area contributed by atoms with Gasteiger partial charge in [-0.05, 0) is 32.0 Å². The van der Waals surface area contributed by atoms with Gasteiger partial charge in [-0.3, -0.25) is 4.79 Å². The van der Waals surface area contributed by atoms with Gasteiger partial charge in [0.15, 0.2) is 0 Å². The van der Waals surface area contributed by atoms with Crippen LogP contribution >= 0.6 is 23.2 Å². The van der Waals surface area contributed by atoms with Gasteiger partial charge in [-0.2, -0.15) is 5.26 Å². The summed E-state index contributed by atoms with van der Waals surface area (Å²) in [5.74, 6) is -0.400. The minimum Gasteiger partial charge on any atom is -0.373 e. The quantitative estimate of drug-likeness (QED) is 0.878. The van der Waals surface area contributed by atoms with Gasteiger partial charge in [0.25, 0.3) is 0 Å². The SMILES string of the molecule is C[C@H](Nc1ccc(Cl)cc1Cl)C(=O)NC[C@@H](C)C#N. The number of hydrogen-bond acceptors (Lipinski definition) is 3. The Hall–Kier alpha value is -1.44. The number of hydrogen-bond donors (Lipinski definition) is 2. The Balaban J connectivity index is 2.57. The van der Waals surface area contributed by atoms with Crippen molar-refractivity contribution in [1.82, 2.24) is 5.32 Å². The molecule has 1 aromatic rings. The highest BCUT2D eigenvalue weighted by molar-refractivity contribution is 6.36. The number of anilines is 1. The van der Waals surface area contributed by atoms with Crippen LogP contribution in [0.1, 0.15) is 13.8 Å². The zero-order chi connectivity index (χ0) is 14.4. The second kappa shape index (κ2) is 7.22. The number of nitrogens with zero attached hydrogens (tertiary/aromatic N) is 1. The van der Waals surface area contributed by atoms with E-state index in [1.807, 2.05) is 0 Å². The normalized spacial score (nSPS) is 13.2. The zero-order valence-corrected chi connectivity index (χ0v) is 12.2. The predicted octanol–water partition coefficient (Wildman–Crippen LogP) is 3.07. The van der Waals surface area contributed by atoms with E-state index >= 15 is 0 Å². The summed E-state index contributed by atoms with van der Waals surface area (Å²) < 4.78 is 0. The van der Waals surface area contributed by atoms with Gasteiger partial charge in [0.05, 0.1) is 22.7 Å². The third-order valence-corrected chi connectivity index (χ3v) is 3.05. The molecule has 0 heterocycles. The molecule has 4 nitrogen and oxygen atoms in total. The van der Waals surface area contributed by atoms with Crippen LogP contribution in [0, 0.1) is 17.2 Å². The van der Waals surface area contributed by atoms with Crippen molar-refractivity contribution in [3.05, 3.63) is 28.2 Å². The summed E-state index contributed by atoms with van der Waals surface area (Å²) in [6, 6.07) is 6.61. The molecular weight excluding hydrogens is 285 g/mol. The molecule has 102 valence electrons. The summed E-state index contributed by atoms with van der Waals surface area (Å²) in [5.41, 5.74) is 0.641. The van der Waals surface area contributed by atoms with Crippen LogP contribution in [0.4, 0.5) is 5.69 Å². The van der Waals surface area contributed by atoms with Crippen molar-refractivity contribution in [2.45, 2.75) is 19.9 Å². The fourth-order valence-corrected chi connectivity index (χ4v) is 1.82. The van der Waals surface area contributed by atoms with E-state index < -0.39 is 6.04 Å². The smallest absolute Gasteiger partial charge is 0.242 e. The van der Waals surface area contributed by atoms with E-state index in [0.717, 1.165) is 0 Å². The van der Waals surface area contributed by atoms with Crippen LogP contribution in [0.15, 0.2) is 18.2 Å². The van der Waals surface area contributed by atoms with Gasteiger partial charge in [0.2, 0.25) is 5.91 Å². The predicted molar refractivity (Wildman–Crippen MR) is 77.3 cm³/mol. The summed E-state index contributed by atoms with van der Waals surface area (Å²) >= 11 is 11.8. The Morgan fingerprint density at radius 2 is 2.11 bits per heavy atom.